The van der Waals surface area contributed by atoms with Gasteiger partial charge in [0.25, 0.3) is 0 Å². The summed E-state index contributed by atoms with van der Waals surface area (Å²) in [4.78, 5) is 26.6. The lowest BCUT2D eigenvalue weighted by Gasteiger charge is -2.32. The summed E-state index contributed by atoms with van der Waals surface area (Å²) < 4.78 is 1.28. The number of likely N-dealkylation sites (tertiary alicyclic amines) is 1. The Hall–Kier alpha value is -2.19. The first-order chi connectivity index (χ1) is 12.1. The molecule has 1 aliphatic carbocycles. The van der Waals surface area contributed by atoms with Gasteiger partial charge in [0.05, 0.1) is 0 Å². The van der Waals surface area contributed by atoms with Crippen LogP contribution in [0.2, 0.25) is 0 Å². The monoisotopic (exact) mass is 349 g/mol. The molecule has 1 aromatic rings. The highest BCUT2D eigenvalue weighted by molar-refractivity contribution is 5.80. The molecule has 2 fully saturated rings. The molecule has 0 bridgehead atoms. The molecule has 0 spiro atoms. The summed E-state index contributed by atoms with van der Waals surface area (Å²) in [7, 11) is 0. The number of nitrogens with zero attached hydrogens (tertiary/aromatic N) is 5. The number of aromatic nitrogens is 4. The van der Waals surface area contributed by atoms with Crippen molar-refractivity contribution in [2.45, 2.75) is 64.0 Å². The maximum atomic E-state index is 12.5. The maximum absolute atomic E-state index is 12.5. The first-order valence-electron chi connectivity index (χ1n) is 9.23. The van der Waals surface area contributed by atoms with Crippen LogP contribution in [0, 0.1) is 5.92 Å². The largest absolute Gasteiger partial charge is 0.367 e. The fourth-order valence-electron chi connectivity index (χ4n) is 3.69. The third kappa shape index (κ3) is 4.67. The van der Waals surface area contributed by atoms with Crippen molar-refractivity contribution in [1.29, 1.82) is 0 Å². The average Bonchev–Trinajstić information content (AvgIpc) is 2.86. The second kappa shape index (κ2) is 8.26. The topological polar surface area (TPSA) is 119 Å². The zero-order valence-electron chi connectivity index (χ0n) is 14.6. The third-order valence-electron chi connectivity index (χ3n) is 5.26. The second-order valence-corrected chi connectivity index (χ2v) is 7.05. The molecule has 25 heavy (non-hydrogen) atoms. The number of carbonyl (C=O) groups excluding carboxylic acids is 2. The SMILES string of the molecule is Nc1nnnn1CC(=O)N1CCC(C(=O)NC2CCCCCC2)CC1. The van der Waals surface area contributed by atoms with Crippen LogP contribution in [-0.2, 0) is 16.1 Å². The summed E-state index contributed by atoms with van der Waals surface area (Å²) in [6, 6.07) is 0.331. The van der Waals surface area contributed by atoms with E-state index < -0.39 is 0 Å². The number of tetrazole rings is 1. The van der Waals surface area contributed by atoms with Crippen LogP contribution in [0.1, 0.15) is 51.4 Å². The Balaban J connectivity index is 1.43. The Morgan fingerprint density at radius 1 is 1.08 bits per heavy atom. The van der Waals surface area contributed by atoms with E-state index in [1.807, 2.05) is 0 Å². The lowest BCUT2D eigenvalue weighted by molar-refractivity contribution is -0.136. The van der Waals surface area contributed by atoms with E-state index in [2.05, 4.69) is 20.8 Å². The number of piperidine rings is 1. The predicted octanol–water partition coefficient (Wildman–Crippen LogP) is 0.333. The molecule has 0 aromatic carbocycles. The van der Waals surface area contributed by atoms with Gasteiger partial charge in [0.1, 0.15) is 6.54 Å². The number of carbonyl (C=O) groups is 2. The average molecular weight is 349 g/mol. The van der Waals surface area contributed by atoms with Gasteiger partial charge in [-0.2, -0.15) is 0 Å². The molecule has 1 saturated carbocycles. The lowest BCUT2D eigenvalue weighted by Crippen LogP contribution is -2.46. The summed E-state index contributed by atoms with van der Waals surface area (Å²) in [5, 5.41) is 13.9. The summed E-state index contributed by atoms with van der Waals surface area (Å²) in [5.74, 6) is 0.224. The van der Waals surface area contributed by atoms with Gasteiger partial charge in [0.2, 0.25) is 17.8 Å². The zero-order valence-corrected chi connectivity index (χ0v) is 14.6. The van der Waals surface area contributed by atoms with E-state index in [0.717, 1.165) is 12.8 Å². The lowest BCUT2D eigenvalue weighted by atomic mass is 9.95. The standard InChI is InChI=1S/C16H27N7O2/c17-16-19-20-21-23(16)11-14(24)22-9-7-12(8-10-22)15(25)18-13-5-3-1-2-4-6-13/h12-13H,1-11H2,(H,18,25)(H2,17,19,21). The number of nitrogens with one attached hydrogen (secondary N) is 1. The van der Waals surface area contributed by atoms with Gasteiger partial charge in [-0.05, 0) is 36.1 Å². The third-order valence-corrected chi connectivity index (χ3v) is 5.26. The van der Waals surface area contributed by atoms with Gasteiger partial charge < -0.3 is 16.0 Å². The number of rotatable bonds is 4. The van der Waals surface area contributed by atoms with Crippen molar-refractivity contribution in [3.05, 3.63) is 0 Å². The molecular weight excluding hydrogens is 322 g/mol. The van der Waals surface area contributed by atoms with Crippen molar-refractivity contribution in [3.63, 3.8) is 0 Å². The molecule has 3 rings (SSSR count). The molecular formula is C16H27N7O2. The molecule has 2 heterocycles. The van der Waals surface area contributed by atoms with Gasteiger partial charge in [0.15, 0.2) is 0 Å². The van der Waals surface area contributed by atoms with E-state index >= 15 is 0 Å². The molecule has 2 amide bonds. The van der Waals surface area contributed by atoms with E-state index in [-0.39, 0.29) is 30.2 Å². The van der Waals surface area contributed by atoms with Gasteiger partial charge in [-0.1, -0.05) is 30.8 Å². The van der Waals surface area contributed by atoms with Crippen LogP contribution in [-0.4, -0.2) is 56.1 Å². The van der Waals surface area contributed by atoms with Crippen molar-refractivity contribution in [2.75, 3.05) is 18.8 Å². The highest BCUT2D eigenvalue weighted by Crippen LogP contribution is 2.21. The summed E-state index contributed by atoms with van der Waals surface area (Å²) in [6.07, 6.45) is 8.56. The molecule has 138 valence electrons. The smallest absolute Gasteiger partial charge is 0.244 e. The first kappa shape index (κ1) is 17.6. The molecule has 0 radical (unpaired) electrons. The van der Waals surface area contributed by atoms with Gasteiger partial charge in [-0.15, -0.1) is 0 Å². The molecule has 1 saturated heterocycles. The van der Waals surface area contributed by atoms with Crippen LogP contribution in [0.3, 0.4) is 0 Å². The Morgan fingerprint density at radius 3 is 2.36 bits per heavy atom. The molecule has 0 unspecified atom stereocenters. The predicted molar refractivity (Wildman–Crippen MR) is 91.2 cm³/mol. The number of anilines is 1. The second-order valence-electron chi connectivity index (χ2n) is 7.05. The normalized spacial score (nSPS) is 20.2. The van der Waals surface area contributed by atoms with Crippen molar-refractivity contribution < 1.29 is 9.59 Å². The highest BCUT2D eigenvalue weighted by Gasteiger charge is 2.29. The van der Waals surface area contributed by atoms with Gasteiger partial charge in [-0.25, -0.2) is 4.68 Å². The van der Waals surface area contributed by atoms with Gasteiger partial charge >= 0.3 is 0 Å². The first-order valence-corrected chi connectivity index (χ1v) is 9.23. The quantitative estimate of drug-likeness (QED) is 0.756. The molecule has 9 heteroatoms. The van der Waals surface area contributed by atoms with Crippen LogP contribution in [0.15, 0.2) is 0 Å². The van der Waals surface area contributed by atoms with E-state index in [1.54, 1.807) is 4.90 Å². The molecule has 1 aliphatic heterocycles. The molecule has 1 aromatic heterocycles. The zero-order chi connectivity index (χ0) is 17.6. The molecule has 9 nitrogen and oxygen atoms in total. The highest BCUT2D eigenvalue weighted by atomic mass is 16.2. The Labute approximate surface area is 147 Å². The fourth-order valence-corrected chi connectivity index (χ4v) is 3.69. The van der Waals surface area contributed by atoms with Gasteiger partial charge in [0, 0.05) is 25.0 Å². The Bertz CT molecular complexity index is 587. The number of hydrogen-bond acceptors (Lipinski definition) is 6. The fraction of sp³-hybridized carbons (Fsp3) is 0.812. The summed E-state index contributed by atoms with van der Waals surface area (Å²) >= 11 is 0. The van der Waals surface area contributed by atoms with Crippen molar-refractivity contribution >= 4 is 17.8 Å². The molecule has 0 atom stereocenters. The van der Waals surface area contributed by atoms with E-state index in [4.69, 9.17) is 5.73 Å². The van der Waals surface area contributed by atoms with E-state index in [9.17, 15) is 9.59 Å². The van der Waals surface area contributed by atoms with Crippen LogP contribution < -0.4 is 11.1 Å². The minimum atomic E-state index is -0.0679. The minimum Gasteiger partial charge on any atom is -0.367 e. The Morgan fingerprint density at radius 2 is 1.76 bits per heavy atom. The number of hydrogen-bond donors (Lipinski definition) is 2. The number of amides is 2. The van der Waals surface area contributed by atoms with Crippen molar-refractivity contribution in [1.82, 2.24) is 30.4 Å². The van der Waals surface area contributed by atoms with Crippen molar-refractivity contribution in [2.24, 2.45) is 5.92 Å². The number of nitrogens with two attached hydrogens (primary N) is 1. The summed E-state index contributed by atoms with van der Waals surface area (Å²) in [6.45, 7) is 1.21. The maximum Gasteiger partial charge on any atom is 0.244 e. The van der Waals surface area contributed by atoms with E-state index in [1.165, 1.54) is 30.4 Å². The van der Waals surface area contributed by atoms with Crippen molar-refractivity contribution in [3.8, 4) is 0 Å². The van der Waals surface area contributed by atoms with Gasteiger partial charge in [-0.3, -0.25) is 9.59 Å². The molecule has 3 N–H and O–H groups in total. The Kier molecular flexibility index (Phi) is 5.83. The van der Waals surface area contributed by atoms with Crippen LogP contribution in [0.5, 0.6) is 0 Å². The molecule has 2 aliphatic rings. The number of nitrogen functional groups attached to an aromatic ring is 1. The van der Waals surface area contributed by atoms with Crippen LogP contribution in [0.25, 0.3) is 0 Å². The van der Waals surface area contributed by atoms with Crippen LogP contribution >= 0.6 is 0 Å². The van der Waals surface area contributed by atoms with E-state index in [0.29, 0.717) is 32.0 Å². The van der Waals surface area contributed by atoms with Crippen LogP contribution in [0.4, 0.5) is 5.95 Å². The minimum absolute atomic E-state index is 0.00501. The summed E-state index contributed by atoms with van der Waals surface area (Å²) in [5.41, 5.74) is 5.58.